The van der Waals surface area contributed by atoms with Crippen molar-refractivity contribution in [2.24, 2.45) is 7.05 Å². The highest BCUT2D eigenvalue weighted by atomic mass is 16.5. The molecule has 2 aromatic heterocycles. The second kappa shape index (κ2) is 6.54. The van der Waals surface area contributed by atoms with Crippen LogP contribution in [-0.4, -0.2) is 49.8 Å². The first kappa shape index (κ1) is 15.7. The Morgan fingerprint density at radius 3 is 2.87 bits per heavy atom. The number of ether oxygens (including phenoxy) is 1. The zero-order chi connectivity index (χ0) is 16.4. The number of imidazole rings is 1. The molecule has 1 atom stereocenters. The Morgan fingerprint density at radius 1 is 1.39 bits per heavy atom. The van der Waals surface area contributed by atoms with E-state index in [9.17, 15) is 4.79 Å². The lowest BCUT2D eigenvalue weighted by molar-refractivity contribution is -0.139. The van der Waals surface area contributed by atoms with E-state index in [4.69, 9.17) is 4.74 Å². The van der Waals surface area contributed by atoms with Crippen molar-refractivity contribution in [2.75, 3.05) is 19.7 Å². The van der Waals surface area contributed by atoms with Crippen LogP contribution in [0, 0.1) is 13.8 Å². The van der Waals surface area contributed by atoms with Crippen molar-refractivity contribution in [1.82, 2.24) is 24.2 Å². The fourth-order valence-corrected chi connectivity index (χ4v) is 2.92. The van der Waals surface area contributed by atoms with Gasteiger partial charge >= 0.3 is 0 Å². The summed E-state index contributed by atoms with van der Waals surface area (Å²) in [7, 11) is 1.96. The van der Waals surface area contributed by atoms with Crippen molar-refractivity contribution in [2.45, 2.75) is 32.9 Å². The number of amides is 1. The van der Waals surface area contributed by atoms with E-state index in [0.29, 0.717) is 32.7 Å². The Morgan fingerprint density at radius 2 is 2.22 bits per heavy atom. The number of nitrogens with zero attached hydrogens (tertiary/aromatic N) is 5. The van der Waals surface area contributed by atoms with Gasteiger partial charge in [-0.25, -0.2) is 4.98 Å². The minimum Gasteiger partial charge on any atom is -0.367 e. The maximum atomic E-state index is 12.4. The van der Waals surface area contributed by atoms with Crippen LogP contribution in [0.4, 0.5) is 0 Å². The summed E-state index contributed by atoms with van der Waals surface area (Å²) in [4.78, 5) is 18.8. The normalized spacial score (nSPS) is 18.4. The number of carbonyl (C=O) groups is 1. The van der Waals surface area contributed by atoms with Crippen LogP contribution in [0.1, 0.15) is 29.7 Å². The fourth-order valence-electron chi connectivity index (χ4n) is 2.92. The minimum absolute atomic E-state index is 0.136. The van der Waals surface area contributed by atoms with Crippen molar-refractivity contribution in [1.29, 1.82) is 0 Å². The molecule has 1 amide bonds. The van der Waals surface area contributed by atoms with Crippen molar-refractivity contribution < 1.29 is 9.53 Å². The number of aryl methyl sites for hydroxylation is 4. The van der Waals surface area contributed by atoms with E-state index >= 15 is 0 Å². The average Bonchev–Trinajstić information content (AvgIpc) is 3.10. The van der Waals surface area contributed by atoms with Gasteiger partial charge in [0.25, 0.3) is 0 Å². The molecule has 2 aromatic rings. The average molecular weight is 317 g/mol. The van der Waals surface area contributed by atoms with Crippen LogP contribution in [0.5, 0.6) is 0 Å². The van der Waals surface area contributed by atoms with E-state index in [2.05, 4.69) is 10.1 Å². The second-order valence-electron chi connectivity index (χ2n) is 6.02. The summed E-state index contributed by atoms with van der Waals surface area (Å²) in [6.45, 7) is 6.25. The first-order valence-electron chi connectivity index (χ1n) is 7.92. The first-order valence-corrected chi connectivity index (χ1v) is 7.92. The molecule has 0 bridgehead atoms. The molecule has 7 nitrogen and oxygen atoms in total. The Labute approximate surface area is 135 Å². The molecule has 3 heterocycles. The minimum atomic E-state index is -0.154. The lowest BCUT2D eigenvalue weighted by Gasteiger charge is -2.32. The molecule has 0 radical (unpaired) electrons. The van der Waals surface area contributed by atoms with E-state index in [1.54, 1.807) is 0 Å². The van der Waals surface area contributed by atoms with Crippen LogP contribution in [0.3, 0.4) is 0 Å². The monoisotopic (exact) mass is 317 g/mol. The SMILES string of the molecule is Cc1cn(C)c([C@H]2CN(C(=O)CCn3ccc(C)n3)CCO2)n1. The summed E-state index contributed by atoms with van der Waals surface area (Å²) in [5.41, 5.74) is 1.93. The summed E-state index contributed by atoms with van der Waals surface area (Å²) >= 11 is 0. The van der Waals surface area contributed by atoms with Crippen LogP contribution in [-0.2, 0) is 23.1 Å². The Bertz CT molecular complexity index is 690. The van der Waals surface area contributed by atoms with Gasteiger partial charge in [-0.15, -0.1) is 0 Å². The number of hydrogen-bond donors (Lipinski definition) is 0. The summed E-state index contributed by atoms with van der Waals surface area (Å²) < 4.78 is 9.60. The maximum absolute atomic E-state index is 12.4. The lowest BCUT2D eigenvalue weighted by Crippen LogP contribution is -2.43. The van der Waals surface area contributed by atoms with Gasteiger partial charge in [0.05, 0.1) is 24.5 Å². The van der Waals surface area contributed by atoms with Gasteiger partial charge in [0.2, 0.25) is 5.91 Å². The molecule has 0 unspecified atom stereocenters. The van der Waals surface area contributed by atoms with Crippen molar-refractivity contribution in [3.05, 3.63) is 35.7 Å². The van der Waals surface area contributed by atoms with E-state index in [1.807, 2.05) is 53.5 Å². The van der Waals surface area contributed by atoms with Crippen LogP contribution in [0.25, 0.3) is 0 Å². The van der Waals surface area contributed by atoms with E-state index in [0.717, 1.165) is 17.2 Å². The lowest BCUT2D eigenvalue weighted by atomic mass is 10.2. The van der Waals surface area contributed by atoms with Crippen LogP contribution < -0.4 is 0 Å². The quantitative estimate of drug-likeness (QED) is 0.850. The summed E-state index contributed by atoms with van der Waals surface area (Å²) in [5.74, 6) is 1.01. The number of carbonyl (C=O) groups excluding carboxylic acids is 1. The van der Waals surface area contributed by atoms with Gasteiger partial charge in [0.15, 0.2) is 0 Å². The largest absolute Gasteiger partial charge is 0.367 e. The molecule has 0 spiro atoms. The predicted molar refractivity (Wildman–Crippen MR) is 84.8 cm³/mol. The molecule has 1 aliphatic rings. The van der Waals surface area contributed by atoms with Gasteiger partial charge in [-0.2, -0.15) is 5.10 Å². The number of rotatable bonds is 4. The molecule has 0 aromatic carbocycles. The molecule has 1 saturated heterocycles. The molecule has 1 aliphatic heterocycles. The third-order valence-electron chi connectivity index (χ3n) is 4.07. The molecule has 1 fully saturated rings. The molecule has 0 N–H and O–H groups in total. The standard InChI is InChI=1S/C16H23N5O2/c1-12-4-6-21(18-12)7-5-15(22)20-8-9-23-14(11-20)16-17-13(2)10-19(16)3/h4,6,10,14H,5,7-9,11H2,1-3H3/t14-/m1/s1. The molecule has 0 aliphatic carbocycles. The Kier molecular flexibility index (Phi) is 4.47. The number of aromatic nitrogens is 4. The van der Waals surface area contributed by atoms with Crippen molar-refractivity contribution in [3.8, 4) is 0 Å². The van der Waals surface area contributed by atoms with Crippen LogP contribution in [0.15, 0.2) is 18.5 Å². The molecule has 0 saturated carbocycles. The van der Waals surface area contributed by atoms with E-state index in [1.165, 1.54) is 0 Å². The second-order valence-corrected chi connectivity index (χ2v) is 6.02. The highest BCUT2D eigenvalue weighted by Crippen LogP contribution is 2.21. The van der Waals surface area contributed by atoms with Gasteiger partial charge in [0.1, 0.15) is 11.9 Å². The van der Waals surface area contributed by atoms with Gasteiger partial charge in [0, 0.05) is 39.0 Å². The smallest absolute Gasteiger partial charge is 0.224 e. The molecule has 124 valence electrons. The van der Waals surface area contributed by atoms with Crippen LogP contribution in [0.2, 0.25) is 0 Å². The van der Waals surface area contributed by atoms with Gasteiger partial charge in [-0.3, -0.25) is 9.48 Å². The summed E-state index contributed by atoms with van der Waals surface area (Å²) in [5, 5.41) is 4.31. The summed E-state index contributed by atoms with van der Waals surface area (Å²) in [6.07, 6.45) is 4.17. The highest BCUT2D eigenvalue weighted by Gasteiger charge is 2.27. The van der Waals surface area contributed by atoms with Gasteiger partial charge in [-0.05, 0) is 19.9 Å². The topological polar surface area (TPSA) is 65.2 Å². The zero-order valence-corrected chi connectivity index (χ0v) is 13.9. The van der Waals surface area contributed by atoms with Gasteiger partial charge < -0.3 is 14.2 Å². The fraction of sp³-hybridized carbons (Fsp3) is 0.562. The zero-order valence-electron chi connectivity index (χ0n) is 13.9. The highest BCUT2D eigenvalue weighted by molar-refractivity contribution is 5.76. The third-order valence-corrected chi connectivity index (χ3v) is 4.07. The predicted octanol–water partition coefficient (Wildman–Crippen LogP) is 1.22. The van der Waals surface area contributed by atoms with Crippen LogP contribution >= 0.6 is 0 Å². The van der Waals surface area contributed by atoms with Crippen molar-refractivity contribution in [3.63, 3.8) is 0 Å². The first-order chi connectivity index (χ1) is 11.0. The Hall–Kier alpha value is -2.15. The molecular formula is C16H23N5O2. The maximum Gasteiger partial charge on any atom is 0.224 e. The van der Waals surface area contributed by atoms with Gasteiger partial charge in [-0.1, -0.05) is 0 Å². The molecule has 3 rings (SSSR count). The number of hydrogen-bond acceptors (Lipinski definition) is 4. The van der Waals surface area contributed by atoms with Crippen molar-refractivity contribution >= 4 is 5.91 Å². The molecule has 7 heteroatoms. The summed E-state index contributed by atoms with van der Waals surface area (Å²) in [6, 6.07) is 1.94. The van der Waals surface area contributed by atoms with E-state index in [-0.39, 0.29) is 12.0 Å². The molecular weight excluding hydrogens is 294 g/mol. The number of morpholine rings is 1. The Balaban J connectivity index is 1.59. The third kappa shape index (κ3) is 3.61. The van der Waals surface area contributed by atoms with E-state index < -0.39 is 0 Å². The molecule has 23 heavy (non-hydrogen) atoms.